The van der Waals surface area contributed by atoms with Crippen LogP contribution in [-0.4, -0.2) is 10.5 Å². The van der Waals surface area contributed by atoms with Crippen molar-refractivity contribution in [3.63, 3.8) is 0 Å². The molecule has 5 heteroatoms. The van der Waals surface area contributed by atoms with Crippen LogP contribution in [-0.2, 0) is 11.3 Å². The van der Waals surface area contributed by atoms with Crippen LogP contribution in [0.15, 0.2) is 59.2 Å². The molecule has 0 unspecified atom stereocenters. The first-order valence-corrected chi connectivity index (χ1v) is 7.50. The van der Waals surface area contributed by atoms with Crippen LogP contribution in [0, 0.1) is 11.3 Å². The van der Waals surface area contributed by atoms with Gasteiger partial charge < -0.3 is 9.88 Å². The van der Waals surface area contributed by atoms with Gasteiger partial charge in [0.15, 0.2) is 0 Å². The molecule has 1 N–H and O–H groups in total. The lowest BCUT2D eigenvalue weighted by atomic mass is 10.2. The van der Waals surface area contributed by atoms with Crippen LogP contribution in [0.25, 0.3) is 10.9 Å². The number of carbonyl (C=O) groups excluding carboxylic acids is 1. The van der Waals surface area contributed by atoms with Crippen molar-refractivity contribution in [1.82, 2.24) is 4.57 Å². The number of rotatable bonds is 3. The molecule has 0 atom stereocenters. The zero-order valence-corrected chi connectivity index (χ0v) is 13.2. The second-order valence-corrected chi connectivity index (χ2v) is 5.77. The molecule has 22 heavy (non-hydrogen) atoms. The van der Waals surface area contributed by atoms with E-state index in [1.165, 1.54) is 0 Å². The topological polar surface area (TPSA) is 57.8 Å². The lowest BCUT2D eigenvalue weighted by molar-refractivity contribution is -0.116. The second-order valence-electron chi connectivity index (χ2n) is 4.86. The van der Waals surface area contributed by atoms with Gasteiger partial charge in [0.1, 0.15) is 12.6 Å². The van der Waals surface area contributed by atoms with E-state index in [9.17, 15) is 10.1 Å². The predicted octanol–water partition coefficient (Wildman–Crippen LogP) is 3.91. The molecule has 0 aliphatic carbocycles. The Morgan fingerprint density at radius 2 is 2.05 bits per heavy atom. The molecule has 0 bridgehead atoms. The number of hydrogen-bond donors (Lipinski definition) is 1. The summed E-state index contributed by atoms with van der Waals surface area (Å²) in [6.45, 7) is 0.161. The SMILES string of the molecule is N#Cc1cn(CC(=O)Nc2cccc(Br)c2)c2ccccc12. The number of carbonyl (C=O) groups is 1. The van der Waals surface area contributed by atoms with Gasteiger partial charge in [0.05, 0.1) is 5.56 Å². The van der Waals surface area contributed by atoms with E-state index in [4.69, 9.17) is 0 Å². The first-order chi connectivity index (χ1) is 10.7. The van der Waals surface area contributed by atoms with Crippen molar-refractivity contribution >= 4 is 38.4 Å². The number of para-hydroxylation sites is 1. The fraction of sp³-hybridized carbons (Fsp3) is 0.0588. The highest BCUT2D eigenvalue weighted by Crippen LogP contribution is 2.21. The van der Waals surface area contributed by atoms with Crippen molar-refractivity contribution in [3.8, 4) is 6.07 Å². The van der Waals surface area contributed by atoms with Crippen molar-refractivity contribution < 1.29 is 4.79 Å². The van der Waals surface area contributed by atoms with E-state index >= 15 is 0 Å². The minimum Gasteiger partial charge on any atom is -0.337 e. The highest BCUT2D eigenvalue weighted by atomic mass is 79.9. The zero-order valence-electron chi connectivity index (χ0n) is 11.6. The van der Waals surface area contributed by atoms with Gasteiger partial charge in [-0.1, -0.05) is 40.2 Å². The molecule has 1 amide bonds. The van der Waals surface area contributed by atoms with Gasteiger partial charge in [-0.3, -0.25) is 4.79 Å². The highest BCUT2D eigenvalue weighted by molar-refractivity contribution is 9.10. The van der Waals surface area contributed by atoms with Crippen LogP contribution < -0.4 is 5.32 Å². The van der Waals surface area contributed by atoms with Gasteiger partial charge in [0.25, 0.3) is 0 Å². The molecule has 0 fully saturated rings. The number of halogens is 1. The minimum atomic E-state index is -0.136. The summed E-state index contributed by atoms with van der Waals surface area (Å²) in [7, 11) is 0. The maximum Gasteiger partial charge on any atom is 0.244 e. The number of aromatic nitrogens is 1. The molecule has 0 saturated heterocycles. The van der Waals surface area contributed by atoms with Crippen LogP contribution in [0.5, 0.6) is 0 Å². The molecule has 108 valence electrons. The summed E-state index contributed by atoms with van der Waals surface area (Å²) >= 11 is 3.37. The van der Waals surface area contributed by atoms with E-state index < -0.39 is 0 Å². The molecular weight excluding hydrogens is 342 g/mol. The zero-order chi connectivity index (χ0) is 15.5. The number of nitrogens with one attached hydrogen (secondary N) is 1. The van der Waals surface area contributed by atoms with E-state index in [2.05, 4.69) is 27.3 Å². The largest absolute Gasteiger partial charge is 0.337 e. The second kappa shape index (κ2) is 6.04. The molecule has 3 rings (SSSR count). The molecule has 3 aromatic rings. The van der Waals surface area contributed by atoms with E-state index in [0.717, 1.165) is 21.1 Å². The lowest BCUT2D eigenvalue weighted by Crippen LogP contribution is -2.18. The Labute approximate surface area is 136 Å². The number of anilines is 1. The Kier molecular flexibility index (Phi) is 3.94. The molecule has 0 radical (unpaired) electrons. The smallest absolute Gasteiger partial charge is 0.244 e. The van der Waals surface area contributed by atoms with Gasteiger partial charge in [-0.05, 0) is 24.3 Å². The van der Waals surface area contributed by atoms with E-state index in [0.29, 0.717) is 5.56 Å². The fourth-order valence-corrected chi connectivity index (χ4v) is 2.79. The summed E-state index contributed by atoms with van der Waals surface area (Å²) in [6, 6.07) is 17.2. The predicted molar refractivity (Wildman–Crippen MR) is 89.4 cm³/mol. The van der Waals surface area contributed by atoms with Gasteiger partial charge in [-0.25, -0.2) is 0 Å². The van der Waals surface area contributed by atoms with Gasteiger partial charge in [0.2, 0.25) is 5.91 Å². The van der Waals surface area contributed by atoms with Crippen molar-refractivity contribution in [3.05, 3.63) is 64.8 Å². The molecule has 1 heterocycles. The molecule has 0 aliphatic rings. The maximum atomic E-state index is 12.2. The Hall–Kier alpha value is -2.58. The Balaban J connectivity index is 1.84. The van der Waals surface area contributed by atoms with Crippen molar-refractivity contribution in [2.24, 2.45) is 0 Å². The van der Waals surface area contributed by atoms with Gasteiger partial charge >= 0.3 is 0 Å². The van der Waals surface area contributed by atoms with Gasteiger partial charge in [-0.15, -0.1) is 0 Å². The third-order valence-corrected chi connectivity index (χ3v) is 3.82. The molecule has 0 saturated carbocycles. The van der Waals surface area contributed by atoms with E-state index in [-0.39, 0.29) is 12.5 Å². The first-order valence-electron chi connectivity index (χ1n) is 6.71. The standard InChI is InChI=1S/C17H12BrN3O/c18-13-4-3-5-14(8-13)20-17(22)11-21-10-12(9-19)15-6-1-2-7-16(15)21/h1-8,10H,11H2,(H,20,22). The van der Waals surface area contributed by atoms with Crippen LogP contribution in [0.2, 0.25) is 0 Å². The van der Waals surface area contributed by atoms with Gasteiger partial charge in [0, 0.05) is 27.3 Å². The van der Waals surface area contributed by atoms with Crippen molar-refractivity contribution in [2.45, 2.75) is 6.54 Å². The number of amides is 1. The Bertz CT molecular complexity index is 892. The molecular formula is C17H12BrN3O. The molecule has 0 spiro atoms. The molecule has 2 aromatic carbocycles. The van der Waals surface area contributed by atoms with Crippen molar-refractivity contribution in [2.75, 3.05) is 5.32 Å². The van der Waals surface area contributed by atoms with Crippen LogP contribution in [0.3, 0.4) is 0 Å². The summed E-state index contributed by atoms with van der Waals surface area (Å²) in [5.41, 5.74) is 2.19. The Morgan fingerprint density at radius 1 is 1.23 bits per heavy atom. The molecule has 4 nitrogen and oxygen atoms in total. The number of nitrogens with zero attached hydrogens (tertiary/aromatic N) is 2. The number of benzene rings is 2. The summed E-state index contributed by atoms with van der Waals surface area (Å²) in [4.78, 5) is 12.2. The van der Waals surface area contributed by atoms with Crippen LogP contribution in [0.4, 0.5) is 5.69 Å². The van der Waals surface area contributed by atoms with E-state index in [1.807, 2.05) is 48.5 Å². The summed E-state index contributed by atoms with van der Waals surface area (Å²) in [5.74, 6) is -0.136. The first kappa shape index (κ1) is 14.4. The third-order valence-electron chi connectivity index (χ3n) is 3.33. The number of nitriles is 1. The average molecular weight is 354 g/mol. The summed E-state index contributed by atoms with van der Waals surface area (Å²) < 4.78 is 2.70. The quantitative estimate of drug-likeness (QED) is 0.775. The molecule has 1 aromatic heterocycles. The van der Waals surface area contributed by atoms with Gasteiger partial charge in [-0.2, -0.15) is 5.26 Å². The number of fused-ring (bicyclic) bond motifs is 1. The molecule has 0 aliphatic heterocycles. The third kappa shape index (κ3) is 2.87. The Morgan fingerprint density at radius 3 is 2.82 bits per heavy atom. The highest BCUT2D eigenvalue weighted by Gasteiger charge is 2.10. The van der Waals surface area contributed by atoms with Crippen LogP contribution in [0.1, 0.15) is 5.56 Å². The summed E-state index contributed by atoms with van der Waals surface area (Å²) in [5, 5.41) is 12.9. The fourth-order valence-electron chi connectivity index (χ4n) is 2.39. The lowest BCUT2D eigenvalue weighted by Gasteiger charge is -2.07. The number of hydrogen-bond acceptors (Lipinski definition) is 2. The van der Waals surface area contributed by atoms with Crippen molar-refractivity contribution in [1.29, 1.82) is 5.26 Å². The minimum absolute atomic E-state index is 0.136. The monoisotopic (exact) mass is 353 g/mol. The normalized spacial score (nSPS) is 10.4. The average Bonchev–Trinajstić information content (AvgIpc) is 2.85. The maximum absolute atomic E-state index is 12.2. The van der Waals surface area contributed by atoms with Crippen LogP contribution >= 0.6 is 15.9 Å². The van der Waals surface area contributed by atoms with E-state index in [1.54, 1.807) is 10.8 Å². The summed E-state index contributed by atoms with van der Waals surface area (Å²) in [6.07, 6.45) is 1.71.